The van der Waals surface area contributed by atoms with Crippen molar-refractivity contribution in [3.05, 3.63) is 70.3 Å². The van der Waals surface area contributed by atoms with Crippen molar-refractivity contribution in [2.24, 2.45) is 0 Å². The molecule has 29 heavy (non-hydrogen) atoms. The third kappa shape index (κ3) is 3.89. The molecule has 4 rings (SSSR count). The predicted molar refractivity (Wildman–Crippen MR) is 110 cm³/mol. The summed E-state index contributed by atoms with van der Waals surface area (Å²) in [6.45, 7) is 1.73. The molecule has 0 fully saturated rings. The largest absolute Gasteiger partial charge is 0.504 e. The molecule has 2 amide bonds. The molecule has 0 atom stereocenters. The Morgan fingerprint density at radius 3 is 2.55 bits per heavy atom. The number of aryl methyl sites for hydroxylation is 1. The van der Waals surface area contributed by atoms with Crippen LogP contribution >= 0.6 is 22.7 Å². The zero-order valence-electron chi connectivity index (χ0n) is 15.1. The summed E-state index contributed by atoms with van der Waals surface area (Å²) < 4.78 is 1.38. The van der Waals surface area contributed by atoms with Gasteiger partial charge in [-0.1, -0.05) is 24.3 Å². The Morgan fingerprint density at radius 2 is 1.83 bits per heavy atom. The van der Waals surface area contributed by atoms with Crippen molar-refractivity contribution in [2.45, 2.75) is 6.92 Å². The third-order valence-electron chi connectivity index (χ3n) is 3.96. The molecule has 0 spiro atoms. The Balaban J connectivity index is 1.45. The average molecular weight is 425 g/mol. The molecule has 0 radical (unpaired) electrons. The molecule has 4 aromatic rings. The Kier molecular flexibility index (Phi) is 5.10. The van der Waals surface area contributed by atoms with Crippen molar-refractivity contribution in [1.82, 2.24) is 25.6 Å². The number of hydrogen-bond donors (Lipinski definition) is 3. The molecule has 0 aliphatic heterocycles. The van der Waals surface area contributed by atoms with Gasteiger partial charge in [-0.2, -0.15) is 5.10 Å². The fraction of sp³-hybridized carbons (Fsp3) is 0.0526. The second-order valence-corrected chi connectivity index (χ2v) is 7.91. The van der Waals surface area contributed by atoms with E-state index in [9.17, 15) is 14.7 Å². The maximum atomic E-state index is 12.5. The zero-order chi connectivity index (χ0) is 20.4. The van der Waals surface area contributed by atoms with E-state index in [0.29, 0.717) is 16.3 Å². The minimum Gasteiger partial charge on any atom is -0.504 e. The summed E-state index contributed by atoms with van der Waals surface area (Å²) in [7, 11) is 0. The highest BCUT2D eigenvalue weighted by Gasteiger charge is 2.20. The van der Waals surface area contributed by atoms with E-state index < -0.39 is 11.8 Å². The van der Waals surface area contributed by atoms with E-state index in [-0.39, 0.29) is 11.4 Å². The average Bonchev–Trinajstić information content (AvgIpc) is 3.46. The Morgan fingerprint density at radius 1 is 1.07 bits per heavy atom. The summed E-state index contributed by atoms with van der Waals surface area (Å²) in [4.78, 5) is 30.6. The first-order valence-corrected chi connectivity index (χ1v) is 10.2. The molecule has 8 nitrogen and oxygen atoms in total. The van der Waals surface area contributed by atoms with Gasteiger partial charge in [0.25, 0.3) is 11.8 Å². The zero-order valence-corrected chi connectivity index (χ0v) is 16.8. The lowest BCUT2D eigenvalue weighted by Gasteiger charge is -2.05. The van der Waals surface area contributed by atoms with Gasteiger partial charge in [-0.3, -0.25) is 20.4 Å². The number of hydrogen-bond acceptors (Lipinski definition) is 7. The number of nitrogens with zero attached hydrogens (tertiary/aromatic N) is 3. The number of aromatic nitrogens is 3. The fourth-order valence-corrected chi connectivity index (χ4v) is 4.34. The van der Waals surface area contributed by atoms with Crippen molar-refractivity contribution < 1.29 is 14.7 Å². The van der Waals surface area contributed by atoms with Crippen molar-refractivity contribution >= 4 is 34.5 Å². The number of rotatable bonds is 4. The van der Waals surface area contributed by atoms with Gasteiger partial charge in [0.15, 0.2) is 11.4 Å². The Labute approximate surface area is 173 Å². The highest BCUT2D eigenvalue weighted by molar-refractivity contribution is 7.22. The second-order valence-electron chi connectivity index (χ2n) is 5.96. The van der Waals surface area contributed by atoms with E-state index in [2.05, 4.69) is 20.9 Å². The molecule has 0 saturated carbocycles. The Bertz CT molecular complexity index is 1170. The lowest BCUT2D eigenvalue weighted by Crippen LogP contribution is -2.41. The van der Waals surface area contributed by atoms with Crippen molar-refractivity contribution in [1.29, 1.82) is 0 Å². The number of carbonyl (C=O) groups excluding carboxylic acids is 2. The number of amides is 2. The summed E-state index contributed by atoms with van der Waals surface area (Å²) in [5.41, 5.74) is 5.69. The molecule has 10 heteroatoms. The van der Waals surface area contributed by atoms with E-state index >= 15 is 0 Å². The van der Waals surface area contributed by atoms with Gasteiger partial charge >= 0.3 is 0 Å². The highest BCUT2D eigenvalue weighted by Crippen LogP contribution is 2.30. The van der Waals surface area contributed by atoms with E-state index in [1.807, 2.05) is 35.7 Å². The molecule has 3 aromatic heterocycles. The second kappa shape index (κ2) is 7.86. The van der Waals surface area contributed by atoms with Crippen LogP contribution in [0.1, 0.15) is 25.9 Å². The van der Waals surface area contributed by atoms with Crippen LogP contribution in [-0.2, 0) is 0 Å². The van der Waals surface area contributed by atoms with Gasteiger partial charge in [-0.05, 0) is 30.5 Å². The van der Waals surface area contributed by atoms with E-state index in [4.69, 9.17) is 0 Å². The lowest BCUT2D eigenvalue weighted by atomic mass is 10.3. The monoisotopic (exact) mass is 425 g/mol. The molecular formula is C19H15N5O3S2. The van der Waals surface area contributed by atoms with Crippen LogP contribution in [0.2, 0.25) is 0 Å². The van der Waals surface area contributed by atoms with Crippen LogP contribution in [0.5, 0.6) is 5.75 Å². The molecular weight excluding hydrogens is 410 g/mol. The number of carbonyl (C=O) groups is 2. The topological polar surface area (TPSA) is 109 Å². The van der Waals surface area contributed by atoms with Gasteiger partial charge in [0.2, 0.25) is 0 Å². The first-order chi connectivity index (χ1) is 14.0. The van der Waals surface area contributed by atoms with Crippen LogP contribution in [0, 0.1) is 6.92 Å². The molecule has 0 unspecified atom stereocenters. The molecule has 0 aliphatic rings. The van der Waals surface area contributed by atoms with Crippen molar-refractivity contribution in [2.75, 3.05) is 0 Å². The fourth-order valence-electron chi connectivity index (χ4n) is 2.58. The van der Waals surface area contributed by atoms with E-state index in [1.54, 1.807) is 19.1 Å². The maximum absolute atomic E-state index is 12.5. The number of hydrazine groups is 1. The number of thiazole rings is 1. The molecule has 0 saturated heterocycles. The predicted octanol–water partition coefficient (Wildman–Crippen LogP) is 3.15. The normalized spacial score (nSPS) is 10.7. The Hall–Kier alpha value is -3.50. The molecule has 1 aromatic carbocycles. The number of benzene rings is 1. The quantitative estimate of drug-likeness (QED) is 0.435. The number of nitrogens with one attached hydrogen (secondary N) is 2. The standard InChI is InChI=1S/C19H15N5O3S2/c1-11-16(29-19(20-11)14-8-5-9-28-14)18(27)22-21-17(26)15-13(25)10-24(23-15)12-6-3-2-4-7-12/h2-10,25H,1H3,(H,21,26)(H,22,27). The molecule has 0 bridgehead atoms. The van der Waals surface area contributed by atoms with Crippen LogP contribution in [-0.4, -0.2) is 31.7 Å². The van der Waals surface area contributed by atoms with Crippen LogP contribution in [0.15, 0.2) is 54.0 Å². The highest BCUT2D eigenvalue weighted by atomic mass is 32.1. The van der Waals surface area contributed by atoms with E-state index in [1.165, 1.54) is 33.6 Å². The van der Waals surface area contributed by atoms with Gasteiger partial charge in [0.05, 0.1) is 22.5 Å². The molecule has 3 heterocycles. The van der Waals surface area contributed by atoms with Crippen molar-refractivity contribution in [3.8, 4) is 21.3 Å². The first kappa shape index (κ1) is 18.8. The van der Waals surface area contributed by atoms with Gasteiger partial charge in [-0.25, -0.2) is 9.67 Å². The third-order valence-corrected chi connectivity index (χ3v) is 6.15. The van der Waals surface area contributed by atoms with E-state index in [0.717, 1.165) is 9.88 Å². The smallest absolute Gasteiger partial charge is 0.294 e. The minimum atomic E-state index is -0.730. The summed E-state index contributed by atoms with van der Waals surface area (Å²) >= 11 is 2.78. The van der Waals surface area contributed by atoms with Gasteiger partial charge in [0, 0.05) is 0 Å². The summed E-state index contributed by atoms with van der Waals surface area (Å²) in [5, 5.41) is 16.8. The maximum Gasteiger partial charge on any atom is 0.294 e. The van der Waals surface area contributed by atoms with Crippen LogP contribution in [0.3, 0.4) is 0 Å². The molecule has 3 N–H and O–H groups in total. The van der Waals surface area contributed by atoms with Gasteiger partial charge in [-0.15, -0.1) is 22.7 Å². The summed E-state index contributed by atoms with van der Waals surface area (Å²) in [5.74, 6) is -1.51. The molecule has 146 valence electrons. The van der Waals surface area contributed by atoms with Crippen LogP contribution in [0.4, 0.5) is 0 Å². The number of thiophene rings is 1. The first-order valence-electron chi connectivity index (χ1n) is 8.49. The van der Waals surface area contributed by atoms with Crippen LogP contribution in [0.25, 0.3) is 15.6 Å². The number of para-hydroxylation sites is 1. The summed E-state index contributed by atoms with van der Waals surface area (Å²) in [6, 6.07) is 12.9. The number of aromatic hydroxyl groups is 1. The summed E-state index contributed by atoms with van der Waals surface area (Å²) in [6.07, 6.45) is 1.33. The van der Waals surface area contributed by atoms with Crippen LogP contribution < -0.4 is 10.9 Å². The lowest BCUT2D eigenvalue weighted by molar-refractivity contribution is 0.0843. The SMILES string of the molecule is Cc1nc(-c2cccs2)sc1C(=O)NNC(=O)c1nn(-c2ccccc2)cc1O. The van der Waals surface area contributed by atoms with Gasteiger partial charge in [0.1, 0.15) is 9.88 Å². The van der Waals surface area contributed by atoms with Gasteiger partial charge < -0.3 is 5.11 Å². The van der Waals surface area contributed by atoms with Crippen molar-refractivity contribution in [3.63, 3.8) is 0 Å². The minimum absolute atomic E-state index is 0.200. The molecule has 0 aliphatic carbocycles.